The summed E-state index contributed by atoms with van der Waals surface area (Å²) in [4.78, 5) is 17.3. The highest BCUT2D eigenvalue weighted by Crippen LogP contribution is 2.23. The summed E-state index contributed by atoms with van der Waals surface area (Å²) in [6, 6.07) is 11.1. The highest BCUT2D eigenvalue weighted by atomic mass is 16.1. The summed E-state index contributed by atoms with van der Waals surface area (Å²) in [6.07, 6.45) is 2.65. The number of aromatic nitrogens is 4. The number of hydrogen-bond donors (Lipinski definition) is 1. The Bertz CT molecular complexity index is 1060. The lowest BCUT2D eigenvalue weighted by molar-refractivity contribution is 0.0937. The van der Waals surface area contributed by atoms with Gasteiger partial charge in [0.2, 0.25) is 0 Å². The van der Waals surface area contributed by atoms with Gasteiger partial charge in [0.25, 0.3) is 5.91 Å². The molecule has 148 valence electrons. The summed E-state index contributed by atoms with van der Waals surface area (Å²) < 4.78 is 1.95. The monoisotopic (exact) mass is 388 g/mol. The first kappa shape index (κ1) is 20.2. The summed E-state index contributed by atoms with van der Waals surface area (Å²) in [5, 5.41) is 20.3. The van der Waals surface area contributed by atoms with Gasteiger partial charge in [-0.2, -0.15) is 5.26 Å². The SMILES string of the molecule is CCCn1cnnc1[C@H](C)NC(=O)c1cccc(-c2cc(C)c(C#N)c(C)n2)c1. The molecule has 0 aliphatic carbocycles. The third-order valence-electron chi connectivity index (χ3n) is 4.77. The van der Waals surface area contributed by atoms with Crippen LogP contribution in [0.25, 0.3) is 11.3 Å². The number of amides is 1. The second-order valence-electron chi connectivity index (χ2n) is 7.06. The Morgan fingerprint density at radius 3 is 2.79 bits per heavy atom. The second-order valence-corrected chi connectivity index (χ2v) is 7.06. The van der Waals surface area contributed by atoms with Crippen LogP contribution in [-0.4, -0.2) is 25.7 Å². The number of rotatable bonds is 6. The van der Waals surface area contributed by atoms with Gasteiger partial charge in [-0.3, -0.25) is 9.78 Å². The van der Waals surface area contributed by atoms with Crippen LogP contribution in [0.2, 0.25) is 0 Å². The van der Waals surface area contributed by atoms with Crippen molar-refractivity contribution in [2.75, 3.05) is 0 Å². The zero-order valence-electron chi connectivity index (χ0n) is 17.1. The van der Waals surface area contributed by atoms with Crippen molar-refractivity contribution in [3.63, 3.8) is 0 Å². The normalized spacial score (nSPS) is 11.7. The number of nitriles is 1. The largest absolute Gasteiger partial charge is 0.342 e. The molecule has 0 radical (unpaired) electrons. The number of carbonyl (C=O) groups is 1. The maximum absolute atomic E-state index is 12.8. The quantitative estimate of drug-likeness (QED) is 0.694. The van der Waals surface area contributed by atoms with E-state index in [9.17, 15) is 10.1 Å². The Hall–Kier alpha value is -3.53. The Labute approximate surface area is 170 Å². The molecule has 0 unspecified atom stereocenters. The first-order valence-electron chi connectivity index (χ1n) is 9.62. The summed E-state index contributed by atoms with van der Waals surface area (Å²) >= 11 is 0. The fourth-order valence-electron chi connectivity index (χ4n) is 3.33. The molecular weight excluding hydrogens is 364 g/mol. The minimum absolute atomic E-state index is 0.188. The van der Waals surface area contributed by atoms with Crippen LogP contribution < -0.4 is 5.32 Å². The Balaban J connectivity index is 1.83. The predicted octanol–water partition coefficient (Wildman–Crippen LogP) is 3.73. The number of nitrogens with one attached hydrogen (secondary N) is 1. The molecule has 1 N–H and O–H groups in total. The molecule has 0 aliphatic heterocycles. The molecule has 1 aromatic carbocycles. The van der Waals surface area contributed by atoms with Crippen LogP contribution >= 0.6 is 0 Å². The van der Waals surface area contributed by atoms with Gasteiger partial charge in [0.05, 0.1) is 23.0 Å². The van der Waals surface area contributed by atoms with Crippen molar-refractivity contribution in [3.05, 3.63) is 64.9 Å². The molecule has 2 aromatic heterocycles. The zero-order valence-corrected chi connectivity index (χ0v) is 17.1. The van der Waals surface area contributed by atoms with Gasteiger partial charge in [-0.05, 0) is 51.0 Å². The lowest BCUT2D eigenvalue weighted by atomic mass is 10.0. The van der Waals surface area contributed by atoms with Crippen LogP contribution in [0.4, 0.5) is 0 Å². The second kappa shape index (κ2) is 8.65. The van der Waals surface area contributed by atoms with E-state index >= 15 is 0 Å². The van der Waals surface area contributed by atoms with Crippen molar-refractivity contribution in [2.45, 2.75) is 46.7 Å². The molecule has 7 heteroatoms. The third kappa shape index (κ3) is 4.32. The van der Waals surface area contributed by atoms with Gasteiger partial charge < -0.3 is 9.88 Å². The Kier molecular flexibility index (Phi) is 6.03. The maximum Gasteiger partial charge on any atom is 0.251 e. The molecule has 1 atom stereocenters. The molecule has 7 nitrogen and oxygen atoms in total. The van der Waals surface area contributed by atoms with Gasteiger partial charge in [-0.1, -0.05) is 19.1 Å². The fraction of sp³-hybridized carbons (Fsp3) is 0.318. The molecule has 0 fully saturated rings. The van der Waals surface area contributed by atoms with E-state index in [1.54, 1.807) is 12.4 Å². The number of pyridine rings is 1. The molecule has 0 saturated carbocycles. The summed E-state index contributed by atoms with van der Waals surface area (Å²) in [5.41, 5.74) is 4.25. The van der Waals surface area contributed by atoms with Crippen LogP contribution in [-0.2, 0) is 6.54 Å². The van der Waals surface area contributed by atoms with E-state index < -0.39 is 0 Å². The van der Waals surface area contributed by atoms with Crippen molar-refractivity contribution < 1.29 is 4.79 Å². The molecule has 0 saturated heterocycles. The number of hydrogen-bond acceptors (Lipinski definition) is 5. The average molecular weight is 388 g/mol. The Morgan fingerprint density at radius 2 is 2.10 bits per heavy atom. The van der Waals surface area contributed by atoms with Gasteiger partial charge in [-0.15, -0.1) is 10.2 Å². The molecule has 1 amide bonds. The number of carbonyl (C=O) groups excluding carboxylic acids is 1. The molecule has 2 heterocycles. The smallest absolute Gasteiger partial charge is 0.251 e. The minimum atomic E-state index is -0.266. The van der Waals surface area contributed by atoms with Crippen molar-refractivity contribution in [2.24, 2.45) is 0 Å². The summed E-state index contributed by atoms with van der Waals surface area (Å²) in [7, 11) is 0. The van der Waals surface area contributed by atoms with Gasteiger partial charge in [0.15, 0.2) is 5.82 Å². The van der Waals surface area contributed by atoms with E-state index in [0.717, 1.165) is 35.6 Å². The third-order valence-corrected chi connectivity index (χ3v) is 4.77. The van der Waals surface area contributed by atoms with Gasteiger partial charge in [0, 0.05) is 17.7 Å². The van der Waals surface area contributed by atoms with Crippen molar-refractivity contribution >= 4 is 5.91 Å². The fourth-order valence-corrected chi connectivity index (χ4v) is 3.33. The van der Waals surface area contributed by atoms with Crippen LogP contribution in [0.1, 0.15) is 59.3 Å². The topological polar surface area (TPSA) is 96.5 Å². The van der Waals surface area contributed by atoms with Gasteiger partial charge in [-0.25, -0.2) is 0 Å². The predicted molar refractivity (Wildman–Crippen MR) is 110 cm³/mol. The standard InChI is InChI=1S/C22H24N6O/c1-5-9-28-13-24-27-21(28)16(4)26-22(29)18-8-6-7-17(11-18)20-10-14(2)19(12-23)15(3)25-20/h6-8,10-11,13,16H,5,9H2,1-4H3,(H,26,29)/t16-/m0/s1. The van der Waals surface area contributed by atoms with E-state index in [1.807, 2.05) is 49.6 Å². The van der Waals surface area contributed by atoms with Gasteiger partial charge in [0.1, 0.15) is 12.4 Å². The highest BCUT2D eigenvalue weighted by Gasteiger charge is 2.17. The first-order chi connectivity index (χ1) is 13.9. The molecule has 29 heavy (non-hydrogen) atoms. The Morgan fingerprint density at radius 1 is 1.31 bits per heavy atom. The maximum atomic E-state index is 12.8. The van der Waals surface area contributed by atoms with Crippen molar-refractivity contribution in [3.8, 4) is 17.3 Å². The molecule has 0 aliphatic rings. The molecule has 0 bridgehead atoms. The zero-order chi connectivity index (χ0) is 21.0. The molecule has 3 rings (SSSR count). The van der Waals surface area contributed by atoms with Crippen LogP contribution in [0.5, 0.6) is 0 Å². The van der Waals surface area contributed by atoms with Crippen molar-refractivity contribution in [1.82, 2.24) is 25.1 Å². The summed E-state index contributed by atoms with van der Waals surface area (Å²) in [5.74, 6) is 0.545. The van der Waals surface area contributed by atoms with E-state index in [4.69, 9.17) is 0 Å². The minimum Gasteiger partial charge on any atom is -0.342 e. The number of nitrogens with zero attached hydrogens (tertiary/aromatic N) is 5. The first-order valence-corrected chi connectivity index (χ1v) is 9.62. The highest BCUT2D eigenvalue weighted by molar-refractivity contribution is 5.95. The van der Waals surface area contributed by atoms with Crippen molar-refractivity contribution in [1.29, 1.82) is 5.26 Å². The average Bonchev–Trinajstić information content (AvgIpc) is 3.16. The lowest BCUT2D eigenvalue weighted by Gasteiger charge is -2.15. The molecule has 0 spiro atoms. The van der Waals surface area contributed by atoms with Crippen LogP contribution in [0.3, 0.4) is 0 Å². The van der Waals surface area contributed by atoms with E-state index in [0.29, 0.717) is 16.8 Å². The van der Waals surface area contributed by atoms with Gasteiger partial charge >= 0.3 is 0 Å². The van der Waals surface area contributed by atoms with Crippen LogP contribution in [0.15, 0.2) is 36.7 Å². The van der Waals surface area contributed by atoms with Crippen LogP contribution in [0, 0.1) is 25.2 Å². The number of aryl methyl sites for hydroxylation is 3. The van der Waals surface area contributed by atoms with E-state index in [-0.39, 0.29) is 11.9 Å². The van der Waals surface area contributed by atoms with E-state index in [2.05, 4.69) is 33.5 Å². The lowest BCUT2D eigenvalue weighted by Crippen LogP contribution is -2.28. The summed E-state index contributed by atoms with van der Waals surface area (Å²) in [6.45, 7) is 8.49. The molecular formula is C22H24N6O. The number of benzene rings is 1. The molecule has 3 aromatic rings. The van der Waals surface area contributed by atoms with E-state index in [1.165, 1.54) is 0 Å².